The van der Waals surface area contributed by atoms with E-state index in [9.17, 15) is 4.57 Å². The van der Waals surface area contributed by atoms with Gasteiger partial charge in [0.15, 0.2) is 29.6 Å². The van der Waals surface area contributed by atoms with Crippen LogP contribution in [0.2, 0.25) is 0 Å². The molecule has 2 aromatic carbocycles. The zero-order chi connectivity index (χ0) is 27.1. The van der Waals surface area contributed by atoms with Crippen LogP contribution in [0.15, 0.2) is 73.3 Å². The Balaban J connectivity index is 1.21. The Morgan fingerprint density at radius 3 is 2.21 bits per heavy atom. The van der Waals surface area contributed by atoms with Crippen LogP contribution in [-0.2, 0) is 45.6 Å². The van der Waals surface area contributed by atoms with Gasteiger partial charge < -0.3 is 19.9 Å². The molecular formula is C26H28N5O7P. The number of hydrogen-bond donors (Lipinski definition) is 1. The van der Waals surface area contributed by atoms with Gasteiger partial charge >= 0.3 is 7.82 Å². The summed E-state index contributed by atoms with van der Waals surface area (Å²) < 4.78 is 51.3. The van der Waals surface area contributed by atoms with Gasteiger partial charge in [-0.1, -0.05) is 60.7 Å². The third-order valence-electron chi connectivity index (χ3n) is 6.39. The highest BCUT2D eigenvalue weighted by Crippen LogP contribution is 2.57. The first-order valence-corrected chi connectivity index (χ1v) is 13.8. The molecule has 2 fully saturated rings. The number of anilines is 1. The highest BCUT2D eigenvalue weighted by Gasteiger charge is 2.68. The molecule has 4 aromatic rings. The van der Waals surface area contributed by atoms with Crippen LogP contribution in [0.1, 0.15) is 31.2 Å². The van der Waals surface area contributed by atoms with Crippen LogP contribution in [0.3, 0.4) is 0 Å². The number of nitrogens with two attached hydrogens (primary N) is 1. The fraction of sp³-hybridized carbons (Fsp3) is 0.346. The molecule has 2 N–H and O–H groups in total. The molecule has 0 saturated carbocycles. The summed E-state index contributed by atoms with van der Waals surface area (Å²) in [5, 5.41) is 0. The van der Waals surface area contributed by atoms with Gasteiger partial charge in [0, 0.05) is 0 Å². The quantitative estimate of drug-likeness (QED) is 0.280. The van der Waals surface area contributed by atoms with Gasteiger partial charge in [-0.05, 0) is 25.0 Å². The molecule has 0 radical (unpaired) electrons. The number of imidazole rings is 1. The van der Waals surface area contributed by atoms with Gasteiger partial charge in [0.2, 0.25) is 5.79 Å². The Labute approximate surface area is 224 Å². The summed E-state index contributed by atoms with van der Waals surface area (Å²) in [6.07, 6.45) is 1.62. The van der Waals surface area contributed by atoms with Crippen LogP contribution in [0.25, 0.3) is 11.2 Å². The van der Waals surface area contributed by atoms with Crippen LogP contribution in [0.4, 0.5) is 5.82 Å². The average molecular weight is 554 g/mol. The van der Waals surface area contributed by atoms with Crippen LogP contribution in [0, 0.1) is 0 Å². The normalized spacial score (nSPS) is 23.9. The van der Waals surface area contributed by atoms with Crippen LogP contribution in [0.5, 0.6) is 0 Å². The minimum atomic E-state index is -4.08. The highest BCUT2D eigenvalue weighted by atomic mass is 31.2. The van der Waals surface area contributed by atoms with E-state index in [0.29, 0.717) is 11.2 Å². The minimum absolute atomic E-state index is 0.0256. The first-order chi connectivity index (χ1) is 18.8. The Bertz CT molecular complexity index is 1460. The number of rotatable bonds is 10. The minimum Gasteiger partial charge on any atom is -0.382 e. The third-order valence-corrected chi connectivity index (χ3v) is 7.73. The highest BCUT2D eigenvalue weighted by molar-refractivity contribution is 7.48. The Kier molecular flexibility index (Phi) is 6.72. The second-order valence-electron chi connectivity index (χ2n) is 9.68. The second kappa shape index (κ2) is 10.1. The lowest BCUT2D eigenvalue weighted by molar-refractivity contribution is -0.374. The summed E-state index contributed by atoms with van der Waals surface area (Å²) in [6, 6.07) is 18.7. The lowest BCUT2D eigenvalue weighted by atomic mass is 10.0. The molecule has 0 spiro atoms. The SMILES string of the molecule is CC1(C)O[C@@H]2C(n3cnc4c(N)ncnc43)OC2(COP(=O)(OCc2ccccc2)OCc2ccccc2)O1. The summed E-state index contributed by atoms with van der Waals surface area (Å²) in [5.41, 5.74) is 8.50. The largest absolute Gasteiger partial charge is 0.475 e. The van der Waals surface area contributed by atoms with Gasteiger partial charge in [-0.3, -0.25) is 18.1 Å². The Morgan fingerprint density at radius 2 is 1.56 bits per heavy atom. The van der Waals surface area contributed by atoms with Crippen molar-refractivity contribution in [1.29, 1.82) is 0 Å². The van der Waals surface area contributed by atoms with Crippen LogP contribution < -0.4 is 5.73 Å². The monoisotopic (exact) mass is 553 g/mol. The molecule has 2 aliphatic rings. The van der Waals surface area contributed by atoms with E-state index in [-0.39, 0.29) is 25.6 Å². The van der Waals surface area contributed by atoms with Crippen LogP contribution in [-0.4, -0.2) is 43.8 Å². The van der Waals surface area contributed by atoms with Crippen molar-refractivity contribution in [3.8, 4) is 0 Å². The lowest BCUT2D eigenvalue weighted by Gasteiger charge is -2.47. The van der Waals surface area contributed by atoms with Gasteiger partial charge in [-0.15, -0.1) is 0 Å². The molecule has 204 valence electrons. The maximum Gasteiger partial charge on any atom is 0.475 e. The smallest absolute Gasteiger partial charge is 0.382 e. The predicted molar refractivity (Wildman–Crippen MR) is 139 cm³/mol. The number of aromatic nitrogens is 4. The number of hydrogen-bond acceptors (Lipinski definition) is 11. The Hall–Kier alpha value is -3.22. The van der Waals surface area contributed by atoms with Gasteiger partial charge in [-0.2, -0.15) is 0 Å². The number of nitrogens with zero attached hydrogens (tertiary/aromatic N) is 4. The molecule has 2 aromatic heterocycles. The van der Waals surface area contributed by atoms with Crippen molar-refractivity contribution < 1.29 is 32.3 Å². The molecule has 39 heavy (non-hydrogen) atoms. The molecule has 0 bridgehead atoms. The summed E-state index contributed by atoms with van der Waals surface area (Å²) in [5.74, 6) is -2.12. The van der Waals surface area contributed by atoms with Gasteiger partial charge in [0.05, 0.1) is 19.5 Å². The summed E-state index contributed by atoms with van der Waals surface area (Å²) in [6.45, 7) is 3.30. The molecule has 0 amide bonds. The number of phosphoric acid groups is 1. The van der Waals surface area contributed by atoms with Crippen molar-refractivity contribution in [2.24, 2.45) is 0 Å². The van der Waals surface area contributed by atoms with E-state index in [4.69, 9.17) is 33.5 Å². The van der Waals surface area contributed by atoms with E-state index in [2.05, 4.69) is 15.0 Å². The molecular weight excluding hydrogens is 525 g/mol. The first-order valence-electron chi connectivity index (χ1n) is 12.4. The molecule has 2 saturated heterocycles. The molecule has 0 aliphatic carbocycles. The average Bonchev–Trinajstić information content (AvgIpc) is 3.45. The summed E-state index contributed by atoms with van der Waals surface area (Å²) in [4.78, 5) is 12.6. The van der Waals surface area contributed by atoms with Crippen molar-refractivity contribution in [2.75, 3.05) is 12.3 Å². The summed E-state index contributed by atoms with van der Waals surface area (Å²) in [7, 11) is -4.08. The van der Waals surface area contributed by atoms with E-state index in [1.807, 2.05) is 60.7 Å². The number of nitrogen functional groups attached to an aromatic ring is 1. The fourth-order valence-electron chi connectivity index (χ4n) is 4.60. The number of ether oxygens (including phenoxy) is 3. The lowest BCUT2D eigenvalue weighted by Crippen LogP contribution is -2.62. The number of benzene rings is 2. The predicted octanol–water partition coefficient (Wildman–Crippen LogP) is 4.34. The van der Waals surface area contributed by atoms with E-state index < -0.39 is 31.7 Å². The van der Waals surface area contributed by atoms with E-state index in [0.717, 1.165) is 11.1 Å². The van der Waals surface area contributed by atoms with Crippen molar-refractivity contribution in [2.45, 2.75) is 51.0 Å². The number of fused-ring (bicyclic) bond motifs is 2. The maximum atomic E-state index is 13.8. The van der Waals surface area contributed by atoms with Crippen molar-refractivity contribution in [3.05, 3.63) is 84.4 Å². The first kappa shape index (κ1) is 26.0. The van der Waals surface area contributed by atoms with Gasteiger partial charge in [-0.25, -0.2) is 19.5 Å². The molecule has 2 aliphatic heterocycles. The second-order valence-corrected chi connectivity index (χ2v) is 11.4. The zero-order valence-electron chi connectivity index (χ0n) is 21.4. The molecule has 12 nitrogen and oxygen atoms in total. The van der Waals surface area contributed by atoms with Crippen molar-refractivity contribution >= 4 is 24.8 Å². The van der Waals surface area contributed by atoms with E-state index in [1.165, 1.54) is 6.33 Å². The molecule has 4 heterocycles. The standard InChI is InChI=1S/C26H28N5O7P/c1-25(2)36-21-24(31-17-30-20-22(27)28-16-29-23(20)31)37-26(21,38-25)15-35-39(32,33-13-18-9-5-3-6-10-18)34-14-19-11-7-4-8-12-19/h3-12,16-17,21,24H,13-15H2,1-2H3,(H2,27,28,29)/t21-,24?,26?/m1/s1. The van der Waals surface area contributed by atoms with Gasteiger partial charge in [0.1, 0.15) is 18.5 Å². The molecule has 3 atom stereocenters. The van der Waals surface area contributed by atoms with Crippen molar-refractivity contribution in [1.82, 2.24) is 19.5 Å². The molecule has 13 heteroatoms. The molecule has 6 rings (SSSR count). The summed E-state index contributed by atoms with van der Waals surface area (Å²) >= 11 is 0. The third kappa shape index (κ3) is 5.20. The maximum absolute atomic E-state index is 13.8. The topological polar surface area (TPSA) is 142 Å². The fourth-order valence-corrected chi connectivity index (χ4v) is 5.77. The Morgan fingerprint density at radius 1 is 0.923 bits per heavy atom. The zero-order valence-corrected chi connectivity index (χ0v) is 22.3. The van der Waals surface area contributed by atoms with Crippen molar-refractivity contribution in [3.63, 3.8) is 0 Å². The number of phosphoric ester groups is 1. The van der Waals surface area contributed by atoms with E-state index >= 15 is 0 Å². The van der Waals surface area contributed by atoms with Gasteiger partial charge in [0.25, 0.3) is 0 Å². The molecule has 2 unspecified atom stereocenters. The van der Waals surface area contributed by atoms with E-state index in [1.54, 1.807) is 24.7 Å². The van der Waals surface area contributed by atoms with Crippen LogP contribution >= 0.6 is 7.82 Å².